The Morgan fingerprint density at radius 3 is 2.09 bits per heavy atom. The van der Waals surface area contributed by atoms with Gasteiger partial charge in [0.05, 0.1) is 6.10 Å². The van der Waals surface area contributed by atoms with Crippen molar-refractivity contribution < 1.29 is 29.4 Å². The summed E-state index contributed by atoms with van der Waals surface area (Å²) in [6.07, 6.45) is 0.941. The van der Waals surface area contributed by atoms with Crippen molar-refractivity contribution in [2.75, 3.05) is 6.54 Å². The number of aromatic nitrogens is 1. The molecule has 0 aliphatic heterocycles. The zero-order valence-electron chi connectivity index (χ0n) is 24.4. The minimum Gasteiger partial charge on any atom is -0.480 e. The highest BCUT2D eigenvalue weighted by atomic mass is 16.4. The van der Waals surface area contributed by atoms with Gasteiger partial charge in [-0.3, -0.25) is 19.4 Å². The fourth-order valence-corrected chi connectivity index (χ4v) is 4.58. The number of hydrogen-bond acceptors (Lipinski definition) is 7. The molecule has 0 saturated heterocycles. The average molecular weight is 609 g/mol. The molecule has 1 heterocycles. The van der Waals surface area contributed by atoms with Crippen molar-refractivity contribution in [2.24, 2.45) is 22.2 Å². The van der Waals surface area contributed by atoms with Crippen molar-refractivity contribution in [1.29, 1.82) is 0 Å². The normalized spacial score (nSPS) is 14.4. The first kappa shape index (κ1) is 33.6. The lowest BCUT2D eigenvalue weighted by Crippen LogP contribution is -2.59. The predicted octanol–water partition coefficient (Wildman–Crippen LogP) is -0.746. The number of H-pyrrole nitrogens is 1. The average Bonchev–Trinajstić information content (AvgIpc) is 3.40. The van der Waals surface area contributed by atoms with E-state index in [0.717, 1.165) is 16.5 Å². The number of hydrogen-bond donors (Lipinski definition) is 9. The minimum atomic E-state index is -1.29. The van der Waals surface area contributed by atoms with E-state index < -0.39 is 54.0 Å². The fraction of sp³-hybridized carbons (Fsp3) is 0.367. The Kier molecular flexibility index (Phi) is 12.2. The number of carbonyl (C=O) groups is 4. The molecule has 2 aromatic carbocycles. The number of amides is 3. The molecule has 0 fully saturated rings. The summed E-state index contributed by atoms with van der Waals surface area (Å²) in [5.74, 6) is -3.57. The molecule has 0 bridgehead atoms. The van der Waals surface area contributed by atoms with Gasteiger partial charge >= 0.3 is 5.97 Å². The van der Waals surface area contributed by atoms with E-state index in [1.807, 2.05) is 24.3 Å². The Bertz CT molecular complexity index is 1450. The lowest BCUT2D eigenvalue weighted by atomic mass is 10.0. The maximum Gasteiger partial charge on any atom is 0.326 e. The summed E-state index contributed by atoms with van der Waals surface area (Å²) >= 11 is 0. The van der Waals surface area contributed by atoms with Crippen LogP contribution in [0.3, 0.4) is 0 Å². The third-order valence-electron chi connectivity index (χ3n) is 7.03. The van der Waals surface area contributed by atoms with Gasteiger partial charge in [-0.2, -0.15) is 0 Å². The maximum atomic E-state index is 13.7. The van der Waals surface area contributed by atoms with E-state index in [0.29, 0.717) is 5.56 Å². The molecule has 3 amide bonds. The van der Waals surface area contributed by atoms with E-state index >= 15 is 0 Å². The highest BCUT2D eigenvalue weighted by Gasteiger charge is 2.31. The summed E-state index contributed by atoms with van der Waals surface area (Å²) in [5.41, 5.74) is 18.7. The van der Waals surface area contributed by atoms with Crippen molar-refractivity contribution in [3.63, 3.8) is 0 Å². The number of aliphatic hydroxyl groups excluding tert-OH is 1. The molecule has 0 aliphatic rings. The molecular weight excluding hydrogens is 568 g/mol. The van der Waals surface area contributed by atoms with Gasteiger partial charge in [0.1, 0.15) is 24.2 Å². The first-order valence-corrected chi connectivity index (χ1v) is 14.2. The molecule has 44 heavy (non-hydrogen) atoms. The fourth-order valence-electron chi connectivity index (χ4n) is 4.58. The lowest BCUT2D eigenvalue weighted by Gasteiger charge is -2.26. The Hall–Kier alpha value is -4.95. The SMILES string of the molecule is CC(O)C(N)C(=O)NC(Cc1ccccc1)C(=O)NC(Cc1c[nH]c2ccccc12)C(=O)NC(CCCN=C(N)N)C(=O)O. The molecule has 12 N–H and O–H groups in total. The Morgan fingerprint density at radius 2 is 1.45 bits per heavy atom. The van der Waals surface area contributed by atoms with Crippen molar-refractivity contribution in [3.8, 4) is 0 Å². The molecule has 14 heteroatoms. The van der Waals surface area contributed by atoms with Crippen LogP contribution in [0.2, 0.25) is 0 Å². The highest BCUT2D eigenvalue weighted by molar-refractivity contribution is 5.95. The van der Waals surface area contributed by atoms with Crippen LogP contribution in [0.15, 0.2) is 65.8 Å². The zero-order chi connectivity index (χ0) is 32.2. The molecule has 0 radical (unpaired) electrons. The second-order valence-electron chi connectivity index (χ2n) is 10.5. The molecule has 1 aromatic heterocycles. The molecule has 236 valence electrons. The van der Waals surface area contributed by atoms with E-state index in [1.54, 1.807) is 36.5 Å². The van der Waals surface area contributed by atoms with Gasteiger partial charge in [-0.05, 0) is 37.0 Å². The molecule has 14 nitrogen and oxygen atoms in total. The van der Waals surface area contributed by atoms with E-state index in [2.05, 4.69) is 25.9 Å². The van der Waals surface area contributed by atoms with Crippen LogP contribution in [0, 0.1) is 0 Å². The number of carboxylic acid groups (broad SMARTS) is 1. The van der Waals surface area contributed by atoms with Gasteiger partial charge in [0.15, 0.2) is 5.96 Å². The number of rotatable bonds is 16. The van der Waals surface area contributed by atoms with Crippen molar-refractivity contribution in [1.82, 2.24) is 20.9 Å². The number of guanidine groups is 1. The summed E-state index contributed by atoms with van der Waals surface area (Å²) < 4.78 is 0. The van der Waals surface area contributed by atoms with Gasteiger partial charge < -0.3 is 48.3 Å². The number of nitrogens with one attached hydrogen (secondary N) is 4. The van der Waals surface area contributed by atoms with Crippen LogP contribution in [0.25, 0.3) is 10.9 Å². The number of benzene rings is 2. The second kappa shape index (κ2) is 16.0. The number of aliphatic imine (C=N–C) groups is 1. The molecule has 0 saturated carbocycles. The molecule has 0 spiro atoms. The Labute approximate surface area is 254 Å². The quantitative estimate of drug-likeness (QED) is 0.0563. The third-order valence-corrected chi connectivity index (χ3v) is 7.03. The largest absolute Gasteiger partial charge is 0.480 e. The van der Waals surface area contributed by atoms with E-state index in [4.69, 9.17) is 17.2 Å². The van der Waals surface area contributed by atoms with Gasteiger partial charge in [0.25, 0.3) is 0 Å². The van der Waals surface area contributed by atoms with Gasteiger partial charge in [0.2, 0.25) is 17.7 Å². The number of carbonyl (C=O) groups excluding carboxylic acids is 3. The summed E-state index contributed by atoms with van der Waals surface area (Å²) in [6.45, 7) is 1.53. The Balaban J connectivity index is 1.87. The van der Waals surface area contributed by atoms with Gasteiger partial charge in [0, 0.05) is 36.5 Å². The first-order chi connectivity index (χ1) is 21.0. The van der Waals surface area contributed by atoms with Crippen molar-refractivity contribution in [2.45, 2.75) is 62.9 Å². The smallest absolute Gasteiger partial charge is 0.326 e. The maximum absolute atomic E-state index is 13.7. The van der Waals surface area contributed by atoms with Crippen LogP contribution in [0.5, 0.6) is 0 Å². The molecule has 3 rings (SSSR count). The number of fused-ring (bicyclic) bond motifs is 1. The molecular formula is C30H40N8O6. The van der Waals surface area contributed by atoms with E-state index in [9.17, 15) is 29.4 Å². The first-order valence-electron chi connectivity index (χ1n) is 14.2. The predicted molar refractivity (Wildman–Crippen MR) is 165 cm³/mol. The van der Waals surface area contributed by atoms with Gasteiger partial charge in [-0.15, -0.1) is 0 Å². The lowest BCUT2D eigenvalue weighted by molar-refractivity contribution is -0.142. The standard InChI is InChI=1S/C30H40N8O6/c1-17(39)25(31)28(42)38-23(14-18-8-3-2-4-9-18)26(40)37-24(15-19-16-35-21-11-6-5-10-20(19)21)27(41)36-22(29(43)44)12-7-13-34-30(32)33/h2-6,8-11,16-17,22-25,35,39H,7,12-15,31H2,1H3,(H,36,41)(H,37,40)(H,38,42)(H,43,44)(H4,32,33,34). The number of nitrogens with zero attached hydrogens (tertiary/aromatic N) is 1. The molecule has 5 unspecified atom stereocenters. The number of aliphatic hydroxyl groups is 1. The third kappa shape index (κ3) is 9.81. The molecule has 3 aromatic rings. The van der Waals surface area contributed by atoms with Gasteiger partial charge in [-0.1, -0.05) is 48.5 Å². The topological polar surface area (TPSA) is 251 Å². The van der Waals surface area contributed by atoms with Crippen LogP contribution in [-0.2, 0) is 32.0 Å². The number of aromatic amines is 1. The van der Waals surface area contributed by atoms with Crippen molar-refractivity contribution >= 4 is 40.6 Å². The molecule has 5 atom stereocenters. The van der Waals surface area contributed by atoms with E-state index in [-0.39, 0.29) is 38.2 Å². The number of para-hydroxylation sites is 1. The van der Waals surface area contributed by atoms with Crippen LogP contribution in [-0.4, -0.2) is 81.7 Å². The minimum absolute atomic E-state index is 0.0150. The monoisotopic (exact) mass is 608 g/mol. The number of carboxylic acids is 1. The zero-order valence-corrected chi connectivity index (χ0v) is 24.4. The summed E-state index contributed by atoms with van der Waals surface area (Å²) in [6, 6.07) is 11.4. The molecule has 0 aliphatic carbocycles. The van der Waals surface area contributed by atoms with Crippen LogP contribution in [0.1, 0.15) is 30.9 Å². The Morgan fingerprint density at radius 1 is 0.864 bits per heavy atom. The van der Waals surface area contributed by atoms with Crippen molar-refractivity contribution in [3.05, 3.63) is 71.9 Å². The summed E-state index contributed by atoms with van der Waals surface area (Å²) in [4.78, 5) is 59.0. The highest BCUT2D eigenvalue weighted by Crippen LogP contribution is 2.19. The van der Waals surface area contributed by atoms with Crippen LogP contribution in [0.4, 0.5) is 0 Å². The summed E-state index contributed by atoms with van der Waals surface area (Å²) in [7, 11) is 0. The van der Waals surface area contributed by atoms with E-state index in [1.165, 1.54) is 6.92 Å². The number of nitrogens with two attached hydrogens (primary N) is 3. The van der Waals surface area contributed by atoms with Crippen LogP contribution >= 0.6 is 0 Å². The van der Waals surface area contributed by atoms with Crippen LogP contribution < -0.4 is 33.2 Å². The summed E-state index contributed by atoms with van der Waals surface area (Å²) in [5, 5.41) is 28.2. The van der Waals surface area contributed by atoms with Gasteiger partial charge in [-0.25, -0.2) is 4.79 Å². The second-order valence-corrected chi connectivity index (χ2v) is 10.5. The number of aliphatic carboxylic acids is 1.